The van der Waals surface area contributed by atoms with Crippen LogP contribution in [-0.4, -0.2) is 21.3 Å². The minimum absolute atomic E-state index is 0.282. The van der Waals surface area contributed by atoms with Gasteiger partial charge >= 0.3 is 0 Å². The molecule has 0 radical (unpaired) electrons. The van der Waals surface area contributed by atoms with Gasteiger partial charge in [-0.2, -0.15) is 0 Å². The average molecular weight is 309 g/mol. The minimum Gasteiger partial charge on any atom is -0.296 e. The number of aromatic nitrogens is 3. The molecule has 0 unspecified atom stereocenters. The summed E-state index contributed by atoms with van der Waals surface area (Å²) in [5.41, 5.74) is 4.24. The zero-order valence-corrected chi connectivity index (χ0v) is 12.7. The number of nitrogens with zero attached hydrogens (tertiary/aromatic N) is 3. The van der Waals surface area contributed by atoms with Crippen molar-refractivity contribution < 1.29 is 9.18 Å². The lowest BCUT2D eigenvalue weighted by Crippen LogP contribution is -2.09. The molecule has 0 saturated carbocycles. The van der Waals surface area contributed by atoms with Crippen molar-refractivity contribution in [1.82, 2.24) is 15.0 Å². The highest BCUT2D eigenvalue weighted by Crippen LogP contribution is 2.15. The Morgan fingerprint density at radius 1 is 1.13 bits per heavy atom. The number of rotatable bonds is 5. The lowest BCUT2D eigenvalue weighted by molar-refractivity contribution is 0.111. The summed E-state index contributed by atoms with van der Waals surface area (Å²) in [5.74, 6) is -0.282. The molecule has 0 N–H and O–H groups in total. The Morgan fingerprint density at radius 3 is 2.57 bits per heavy atom. The molecule has 116 valence electrons. The van der Waals surface area contributed by atoms with E-state index in [4.69, 9.17) is 0 Å². The molecule has 0 spiro atoms. The Kier molecular flexibility index (Phi) is 4.28. The molecule has 0 aliphatic carbocycles. The number of aryl methyl sites for hydroxylation is 1. The number of halogens is 1. The molecule has 0 aliphatic heterocycles. The van der Waals surface area contributed by atoms with Crippen LogP contribution in [0, 0.1) is 12.7 Å². The summed E-state index contributed by atoms with van der Waals surface area (Å²) in [6.07, 6.45) is 1.19. The van der Waals surface area contributed by atoms with Gasteiger partial charge < -0.3 is 0 Å². The fraction of sp³-hybridized carbons (Fsp3) is 0.167. The Balaban J connectivity index is 1.92. The molecule has 0 amide bonds. The first-order valence-corrected chi connectivity index (χ1v) is 7.34. The van der Waals surface area contributed by atoms with Gasteiger partial charge in [-0.3, -0.25) is 4.79 Å². The maximum atomic E-state index is 13.0. The molecule has 1 heterocycles. The molecular weight excluding hydrogens is 293 g/mol. The van der Waals surface area contributed by atoms with E-state index in [0.717, 1.165) is 22.4 Å². The van der Waals surface area contributed by atoms with Gasteiger partial charge in [-0.05, 0) is 35.7 Å². The van der Waals surface area contributed by atoms with Gasteiger partial charge in [-0.25, -0.2) is 9.07 Å². The maximum absolute atomic E-state index is 13.0. The normalized spacial score (nSPS) is 10.7. The third-order valence-corrected chi connectivity index (χ3v) is 3.85. The molecule has 0 fully saturated rings. The molecule has 5 heteroatoms. The fourth-order valence-electron chi connectivity index (χ4n) is 2.49. The van der Waals surface area contributed by atoms with Crippen molar-refractivity contribution >= 4 is 6.29 Å². The quantitative estimate of drug-likeness (QED) is 0.680. The highest BCUT2D eigenvalue weighted by Gasteiger charge is 2.14. The molecule has 0 bridgehead atoms. The zero-order chi connectivity index (χ0) is 16.2. The van der Waals surface area contributed by atoms with Crippen molar-refractivity contribution in [2.75, 3.05) is 0 Å². The third kappa shape index (κ3) is 3.34. The third-order valence-electron chi connectivity index (χ3n) is 3.85. The van der Waals surface area contributed by atoms with E-state index >= 15 is 0 Å². The van der Waals surface area contributed by atoms with Crippen molar-refractivity contribution in [3.05, 3.63) is 82.4 Å². The summed E-state index contributed by atoms with van der Waals surface area (Å²) >= 11 is 0. The van der Waals surface area contributed by atoms with Crippen LogP contribution in [0.1, 0.15) is 32.9 Å². The van der Waals surface area contributed by atoms with Crippen LogP contribution in [0.5, 0.6) is 0 Å². The SMILES string of the molecule is Cc1ccccc1Cn1nnc(C=O)c1Cc1ccc(F)cc1. The summed E-state index contributed by atoms with van der Waals surface area (Å²) in [6.45, 7) is 2.58. The van der Waals surface area contributed by atoms with Gasteiger partial charge in [0.2, 0.25) is 0 Å². The van der Waals surface area contributed by atoms with Crippen molar-refractivity contribution in [2.24, 2.45) is 0 Å². The van der Waals surface area contributed by atoms with Crippen molar-refractivity contribution in [1.29, 1.82) is 0 Å². The summed E-state index contributed by atoms with van der Waals surface area (Å²) in [5, 5.41) is 8.04. The van der Waals surface area contributed by atoms with Crippen molar-refractivity contribution in [2.45, 2.75) is 19.9 Å². The molecule has 4 nitrogen and oxygen atoms in total. The number of carbonyl (C=O) groups excluding carboxylic acids is 1. The van der Waals surface area contributed by atoms with Gasteiger partial charge in [0, 0.05) is 6.42 Å². The predicted molar refractivity (Wildman–Crippen MR) is 84.9 cm³/mol. The van der Waals surface area contributed by atoms with E-state index in [1.54, 1.807) is 16.8 Å². The Bertz CT molecular complexity index is 825. The molecule has 3 aromatic rings. The summed E-state index contributed by atoms with van der Waals surface area (Å²) in [6, 6.07) is 14.2. The van der Waals surface area contributed by atoms with E-state index in [9.17, 15) is 9.18 Å². The lowest BCUT2D eigenvalue weighted by Gasteiger charge is -2.09. The molecule has 23 heavy (non-hydrogen) atoms. The maximum Gasteiger partial charge on any atom is 0.172 e. The summed E-state index contributed by atoms with van der Waals surface area (Å²) in [7, 11) is 0. The minimum atomic E-state index is -0.282. The van der Waals surface area contributed by atoms with Gasteiger partial charge in [0.1, 0.15) is 11.5 Å². The molecular formula is C18H16FN3O. The van der Waals surface area contributed by atoms with Gasteiger partial charge in [-0.15, -0.1) is 5.10 Å². The number of carbonyl (C=O) groups is 1. The van der Waals surface area contributed by atoms with Crippen LogP contribution < -0.4 is 0 Å². The molecule has 1 aromatic heterocycles. The van der Waals surface area contributed by atoms with Crippen LogP contribution in [0.15, 0.2) is 48.5 Å². The van der Waals surface area contributed by atoms with Crippen molar-refractivity contribution in [3.8, 4) is 0 Å². The first-order valence-electron chi connectivity index (χ1n) is 7.34. The Labute approximate surface area is 133 Å². The van der Waals surface area contributed by atoms with Gasteiger partial charge in [0.25, 0.3) is 0 Å². The van der Waals surface area contributed by atoms with Crippen molar-refractivity contribution in [3.63, 3.8) is 0 Å². The number of hydrogen-bond donors (Lipinski definition) is 0. The first kappa shape index (κ1) is 15.1. The monoisotopic (exact) mass is 309 g/mol. The first-order chi connectivity index (χ1) is 11.2. The van der Waals surface area contributed by atoms with Crippen LogP contribution in [0.25, 0.3) is 0 Å². The zero-order valence-electron chi connectivity index (χ0n) is 12.7. The Hall–Kier alpha value is -2.82. The van der Waals surface area contributed by atoms with E-state index in [-0.39, 0.29) is 5.82 Å². The van der Waals surface area contributed by atoms with Gasteiger partial charge in [-0.1, -0.05) is 41.6 Å². The van der Waals surface area contributed by atoms with Crippen LogP contribution in [0.3, 0.4) is 0 Å². The van der Waals surface area contributed by atoms with E-state index in [0.29, 0.717) is 24.9 Å². The number of aldehydes is 1. The topological polar surface area (TPSA) is 47.8 Å². The second-order valence-corrected chi connectivity index (χ2v) is 5.43. The smallest absolute Gasteiger partial charge is 0.172 e. The highest BCUT2D eigenvalue weighted by molar-refractivity contribution is 5.73. The van der Waals surface area contributed by atoms with E-state index in [1.165, 1.54) is 12.1 Å². The van der Waals surface area contributed by atoms with Gasteiger partial charge in [0.05, 0.1) is 12.2 Å². The summed E-state index contributed by atoms with van der Waals surface area (Å²) in [4.78, 5) is 11.2. The number of hydrogen-bond acceptors (Lipinski definition) is 3. The lowest BCUT2D eigenvalue weighted by atomic mass is 10.1. The molecule has 0 atom stereocenters. The molecule has 0 aliphatic rings. The van der Waals surface area contributed by atoms with E-state index < -0.39 is 0 Å². The van der Waals surface area contributed by atoms with E-state index in [1.807, 2.05) is 31.2 Å². The predicted octanol–water partition coefficient (Wildman–Crippen LogP) is 3.18. The van der Waals surface area contributed by atoms with Crippen LogP contribution in [0.4, 0.5) is 4.39 Å². The fourth-order valence-corrected chi connectivity index (χ4v) is 2.49. The molecule has 2 aromatic carbocycles. The van der Waals surface area contributed by atoms with Crippen LogP contribution >= 0.6 is 0 Å². The largest absolute Gasteiger partial charge is 0.296 e. The second kappa shape index (κ2) is 6.52. The number of benzene rings is 2. The highest BCUT2D eigenvalue weighted by atomic mass is 19.1. The van der Waals surface area contributed by atoms with Crippen LogP contribution in [-0.2, 0) is 13.0 Å². The summed E-state index contributed by atoms with van der Waals surface area (Å²) < 4.78 is 14.8. The Morgan fingerprint density at radius 2 is 1.87 bits per heavy atom. The van der Waals surface area contributed by atoms with Crippen LogP contribution in [0.2, 0.25) is 0 Å². The van der Waals surface area contributed by atoms with Gasteiger partial charge in [0.15, 0.2) is 6.29 Å². The molecule has 3 rings (SSSR count). The van der Waals surface area contributed by atoms with E-state index in [2.05, 4.69) is 10.3 Å². The second-order valence-electron chi connectivity index (χ2n) is 5.43. The standard InChI is InChI=1S/C18H16FN3O/c1-13-4-2-3-5-15(13)11-22-18(17(12-23)20-21-22)10-14-6-8-16(19)9-7-14/h2-9,12H,10-11H2,1H3. The average Bonchev–Trinajstić information content (AvgIpc) is 2.93. The molecule has 0 saturated heterocycles.